The average molecular weight is 398 g/mol. The lowest BCUT2D eigenvalue weighted by atomic mass is 9.93. The van der Waals surface area contributed by atoms with E-state index in [0.717, 1.165) is 51.7 Å². The van der Waals surface area contributed by atoms with Gasteiger partial charge in [-0.15, -0.1) is 0 Å². The highest BCUT2D eigenvalue weighted by atomic mass is 19.1. The van der Waals surface area contributed by atoms with Crippen molar-refractivity contribution in [2.75, 3.05) is 6.54 Å². The molecule has 5 rings (SSSR count). The van der Waals surface area contributed by atoms with Gasteiger partial charge < -0.3 is 9.88 Å². The molecule has 1 N–H and O–H groups in total. The largest absolute Gasteiger partial charge is 0.354 e. The van der Waals surface area contributed by atoms with Gasteiger partial charge in [-0.05, 0) is 53.9 Å². The van der Waals surface area contributed by atoms with Crippen molar-refractivity contribution >= 4 is 16.8 Å². The molecule has 1 atom stereocenters. The lowest BCUT2D eigenvalue weighted by Gasteiger charge is -2.26. The van der Waals surface area contributed by atoms with E-state index in [-0.39, 0.29) is 17.8 Å². The number of amides is 1. The van der Waals surface area contributed by atoms with Gasteiger partial charge in [0.2, 0.25) is 0 Å². The number of carbonyl (C=O) groups is 1. The first-order valence-electron chi connectivity index (χ1n) is 10.5. The molecule has 30 heavy (non-hydrogen) atoms. The van der Waals surface area contributed by atoms with Crippen LogP contribution in [0.4, 0.5) is 4.39 Å². The van der Waals surface area contributed by atoms with Gasteiger partial charge in [0, 0.05) is 28.6 Å². The van der Waals surface area contributed by atoms with Gasteiger partial charge in [-0.25, -0.2) is 4.39 Å². The van der Waals surface area contributed by atoms with E-state index in [1.54, 1.807) is 12.1 Å². The summed E-state index contributed by atoms with van der Waals surface area (Å²) in [5.74, 6) is -0.179. The number of nitrogens with one attached hydrogen (secondary N) is 1. The van der Waals surface area contributed by atoms with Crippen LogP contribution in [0.5, 0.6) is 0 Å². The van der Waals surface area contributed by atoms with Crippen LogP contribution in [0.2, 0.25) is 0 Å². The van der Waals surface area contributed by atoms with Gasteiger partial charge in [-0.2, -0.15) is 0 Å². The Morgan fingerprint density at radius 1 is 0.967 bits per heavy atom. The Bertz CT molecular complexity index is 1230. The van der Waals surface area contributed by atoms with Crippen LogP contribution < -0.4 is 0 Å². The third-order valence-electron chi connectivity index (χ3n) is 5.96. The van der Waals surface area contributed by atoms with Crippen LogP contribution in [0.15, 0.2) is 72.8 Å². The molecule has 0 bridgehead atoms. The van der Waals surface area contributed by atoms with Crippen LogP contribution in [0.3, 0.4) is 0 Å². The van der Waals surface area contributed by atoms with Crippen molar-refractivity contribution < 1.29 is 9.18 Å². The zero-order valence-electron chi connectivity index (χ0n) is 16.9. The Hall–Kier alpha value is -3.40. The maximum absolute atomic E-state index is 13.6. The van der Waals surface area contributed by atoms with E-state index in [0.29, 0.717) is 6.54 Å². The molecule has 3 aromatic carbocycles. The van der Waals surface area contributed by atoms with Crippen LogP contribution >= 0.6 is 0 Å². The van der Waals surface area contributed by atoms with Crippen molar-refractivity contribution in [1.82, 2.24) is 9.88 Å². The average Bonchev–Trinajstić information content (AvgIpc) is 3.28. The number of aromatic nitrogens is 1. The first-order valence-corrected chi connectivity index (χ1v) is 10.5. The van der Waals surface area contributed by atoms with Crippen molar-refractivity contribution in [2.24, 2.45) is 0 Å². The molecule has 0 aliphatic carbocycles. The molecule has 2 heterocycles. The quantitative estimate of drug-likeness (QED) is 0.420. The minimum absolute atomic E-state index is 0.0828. The summed E-state index contributed by atoms with van der Waals surface area (Å²) in [6.45, 7) is 2.84. The highest BCUT2D eigenvalue weighted by molar-refractivity contribution is 6.02. The first-order chi connectivity index (χ1) is 14.7. The van der Waals surface area contributed by atoms with E-state index in [9.17, 15) is 9.18 Å². The summed E-state index contributed by atoms with van der Waals surface area (Å²) < 4.78 is 13.6. The molecule has 0 radical (unpaired) electrons. The Morgan fingerprint density at radius 3 is 2.50 bits per heavy atom. The summed E-state index contributed by atoms with van der Waals surface area (Å²) in [6.07, 6.45) is 1.97. The Balaban J connectivity index is 1.77. The lowest BCUT2D eigenvalue weighted by molar-refractivity contribution is 0.0748. The summed E-state index contributed by atoms with van der Waals surface area (Å²) in [4.78, 5) is 18.8. The molecule has 0 unspecified atom stereocenters. The van der Waals surface area contributed by atoms with E-state index in [4.69, 9.17) is 0 Å². The number of carbonyl (C=O) groups excluding carboxylic acids is 1. The zero-order chi connectivity index (χ0) is 20.7. The van der Waals surface area contributed by atoms with E-state index >= 15 is 0 Å². The van der Waals surface area contributed by atoms with Crippen molar-refractivity contribution in [3.05, 3.63) is 95.3 Å². The SMILES string of the molecule is CCCCN1C(=O)c2ccccc2[C@@H]1c1c(-c2ccc(F)cc2)[nH]c2ccccc12. The maximum Gasteiger partial charge on any atom is 0.255 e. The molecule has 1 aliphatic heterocycles. The van der Waals surface area contributed by atoms with Crippen molar-refractivity contribution in [3.63, 3.8) is 0 Å². The molecule has 3 nitrogen and oxygen atoms in total. The van der Waals surface area contributed by atoms with Crippen molar-refractivity contribution in [3.8, 4) is 11.3 Å². The smallest absolute Gasteiger partial charge is 0.255 e. The number of hydrogen-bond acceptors (Lipinski definition) is 1. The molecule has 0 spiro atoms. The van der Waals surface area contributed by atoms with Crippen LogP contribution in [0.1, 0.15) is 47.3 Å². The molecule has 1 aromatic heterocycles. The summed E-state index contributed by atoms with van der Waals surface area (Å²) in [6, 6.07) is 22.4. The second kappa shape index (κ2) is 7.45. The van der Waals surface area contributed by atoms with Gasteiger partial charge in [0.25, 0.3) is 5.91 Å². The number of H-pyrrole nitrogens is 1. The number of nitrogens with zero attached hydrogens (tertiary/aromatic N) is 1. The Kier molecular flexibility index (Phi) is 4.62. The molecular formula is C26H23FN2O. The molecule has 1 amide bonds. The molecule has 150 valence electrons. The fourth-order valence-corrected chi connectivity index (χ4v) is 4.53. The predicted octanol–water partition coefficient (Wildman–Crippen LogP) is 6.32. The highest BCUT2D eigenvalue weighted by Gasteiger charge is 2.39. The monoisotopic (exact) mass is 398 g/mol. The minimum Gasteiger partial charge on any atom is -0.354 e. The van der Waals surface area contributed by atoms with Crippen LogP contribution in [0, 0.1) is 5.82 Å². The van der Waals surface area contributed by atoms with Gasteiger partial charge >= 0.3 is 0 Å². The van der Waals surface area contributed by atoms with Crippen LogP contribution in [-0.2, 0) is 0 Å². The van der Waals surface area contributed by atoms with E-state index in [2.05, 4.69) is 24.0 Å². The van der Waals surface area contributed by atoms with Gasteiger partial charge in [0.05, 0.1) is 11.7 Å². The number of fused-ring (bicyclic) bond motifs is 2. The first kappa shape index (κ1) is 18.6. The number of hydrogen-bond donors (Lipinski definition) is 1. The third kappa shape index (κ3) is 2.91. The number of rotatable bonds is 5. The van der Waals surface area contributed by atoms with Crippen LogP contribution in [-0.4, -0.2) is 22.3 Å². The molecule has 0 saturated carbocycles. The summed E-state index contributed by atoms with van der Waals surface area (Å²) in [5.41, 5.74) is 5.74. The molecule has 4 heteroatoms. The number of unbranched alkanes of at least 4 members (excludes halogenated alkanes) is 1. The van der Waals surface area contributed by atoms with Gasteiger partial charge in [-0.1, -0.05) is 49.7 Å². The normalized spacial score (nSPS) is 15.7. The minimum atomic E-state index is -0.262. The standard InChI is InChI=1S/C26H23FN2O/c1-2-3-16-29-25(19-8-4-5-9-20(19)26(29)30)23-21-10-6-7-11-22(21)28-24(23)17-12-14-18(27)15-13-17/h4-15,25,28H,2-3,16H2,1H3/t25-/m1/s1. The topological polar surface area (TPSA) is 36.1 Å². The number of aromatic amines is 1. The predicted molar refractivity (Wildman–Crippen MR) is 118 cm³/mol. The van der Waals surface area contributed by atoms with E-state index in [1.165, 1.54) is 12.1 Å². The van der Waals surface area contributed by atoms with Crippen LogP contribution in [0.25, 0.3) is 22.2 Å². The van der Waals surface area contributed by atoms with Gasteiger partial charge in [-0.3, -0.25) is 4.79 Å². The number of para-hydroxylation sites is 1. The third-order valence-corrected chi connectivity index (χ3v) is 5.96. The molecule has 0 saturated heterocycles. The Labute approximate surface area is 175 Å². The summed E-state index contributed by atoms with van der Waals surface area (Å²) >= 11 is 0. The molecule has 1 aliphatic rings. The lowest BCUT2D eigenvalue weighted by Crippen LogP contribution is -2.30. The second-order valence-corrected chi connectivity index (χ2v) is 7.81. The van der Waals surface area contributed by atoms with Gasteiger partial charge in [0.15, 0.2) is 0 Å². The number of halogens is 1. The van der Waals surface area contributed by atoms with Crippen molar-refractivity contribution in [2.45, 2.75) is 25.8 Å². The fraction of sp³-hybridized carbons (Fsp3) is 0.192. The second-order valence-electron chi connectivity index (χ2n) is 7.81. The van der Waals surface area contributed by atoms with E-state index < -0.39 is 0 Å². The zero-order valence-corrected chi connectivity index (χ0v) is 16.9. The Morgan fingerprint density at radius 2 is 1.70 bits per heavy atom. The fourth-order valence-electron chi connectivity index (χ4n) is 4.53. The highest BCUT2D eigenvalue weighted by Crippen LogP contribution is 2.45. The van der Waals surface area contributed by atoms with Gasteiger partial charge in [0.1, 0.15) is 5.82 Å². The maximum atomic E-state index is 13.6. The molecular weight excluding hydrogens is 375 g/mol. The summed E-state index contributed by atoms with van der Waals surface area (Å²) in [7, 11) is 0. The van der Waals surface area contributed by atoms with E-state index in [1.807, 2.05) is 41.3 Å². The molecule has 0 fully saturated rings. The summed E-state index contributed by atoms with van der Waals surface area (Å²) in [5, 5.41) is 1.09. The van der Waals surface area contributed by atoms with Crippen molar-refractivity contribution in [1.29, 1.82) is 0 Å². The molecule has 4 aromatic rings. The number of benzene rings is 3.